The molecule has 0 aliphatic rings. The topological polar surface area (TPSA) is 56.1 Å². The number of anilines is 1. The Morgan fingerprint density at radius 2 is 2.00 bits per heavy atom. The van der Waals surface area contributed by atoms with Crippen LogP contribution >= 0.6 is 0 Å². The molecule has 0 aliphatic carbocycles. The van der Waals surface area contributed by atoms with Gasteiger partial charge in [0.1, 0.15) is 18.1 Å². The van der Waals surface area contributed by atoms with E-state index in [2.05, 4.69) is 10.3 Å². The second kappa shape index (κ2) is 6.81. The summed E-state index contributed by atoms with van der Waals surface area (Å²) in [4.78, 5) is 15.7. The lowest BCUT2D eigenvalue weighted by molar-refractivity contribution is 0.0636. The molecule has 1 heterocycles. The van der Waals surface area contributed by atoms with Crippen LogP contribution in [0.2, 0.25) is 0 Å². The van der Waals surface area contributed by atoms with Crippen LogP contribution in [0.15, 0.2) is 36.7 Å². The van der Waals surface area contributed by atoms with Gasteiger partial charge in [-0.25, -0.2) is 14.2 Å². The molecule has 1 amide bonds. The average molecular weight is 319 g/mol. The smallest absolute Gasteiger partial charge is 0.412 e. The molecule has 1 atom stereocenters. The maximum Gasteiger partial charge on any atom is 0.412 e. The lowest BCUT2D eigenvalue weighted by Gasteiger charge is -2.20. The molecular formula is C17H22FN3O2. The Labute approximate surface area is 135 Å². The van der Waals surface area contributed by atoms with Crippen LogP contribution in [0.25, 0.3) is 0 Å². The maximum atomic E-state index is 12.9. The number of nitrogens with zero attached hydrogens (tertiary/aromatic N) is 2. The van der Waals surface area contributed by atoms with Crippen LogP contribution in [-0.2, 0) is 11.4 Å². The number of aromatic nitrogens is 2. The highest BCUT2D eigenvalue weighted by atomic mass is 19.1. The largest absolute Gasteiger partial charge is 0.444 e. The molecule has 2 aromatic rings. The summed E-state index contributed by atoms with van der Waals surface area (Å²) in [6, 6.07) is 7.32. The number of imidazole rings is 1. The summed E-state index contributed by atoms with van der Waals surface area (Å²) >= 11 is 0. The van der Waals surface area contributed by atoms with Crippen LogP contribution in [0.3, 0.4) is 0 Å². The number of amides is 1. The molecule has 2 rings (SSSR count). The first-order chi connectivity index (χ1) is 10.8. The van der Waals surface area contributed by atoms with Crippen molar-refractivity contribution >= 4 is 11.8 Å². The van der Waals surface area contributed by atoms with Crippen LogP contribution in [0.1, 0.15) is 45.1 Å². The zero-order valence-corrected chi connectivity index (χ0v) is 13.8. The summed E-state index contributed by atoms with van der Waals surface area (Å²) in [5.74, 6) is 0.397. The molecule has 0 aliphatic heterocycles. The van der Waals surface area contributed by atoms with Gasteiger partial charge in [0.25, 0.3) is 0 Å². The fourth-order valence-corrected chi connectivity index (χ4v) is 2.23. The number of benzene rings is 1. The monoisotopic (exact) mass is 319 g/mol. The first kappa shape index (κ1) is 17.0. The lowest BCUT2D eigenvalue weighted by atomic mass is 10.1. The van der Waals surface area contributed by atoms with Crippen LogP contribution in [0.4, 0.5) is 14.9 Å². The number of hydrogen-bond acceptors (Lipinski definition) is 3. The average Bonchev–Trinajstić information content (AvgIpc) is 2.93. The van der Waals surface area contributed by atoms with Gasteiger partial charge in [-0.15, -0.1) is 0 Å². The predicted molar refractivity (Wildman–Crippen MR) is 87.2 cm³/mol. The van der Waals surface area contributed by atoms with Gasteiger partial charge in [-0.2, -0.15) is 0 Å². The zero-order chi connectivity index (χ0) is 17.0. The lowest BCUT2D eigenvalue weighted by Crippen LogP contribution is -2.27. The molecule has 23 heavy (non-hydrogen) atoms. The van der Waals surface area contributed by atoms with Crippen molar-refractivity contribution in [3.05, 3.63) is 48.0 Å². The van der Waals surface area contributed by atoms with Crippen LogP contribution in [0.5, 0.6) is 0 Å². The second-order valence-electron chi connectivity index (χ2n) is 6.31. The Hall–Kier alpha value is -2.37. The SMILES string of the molecule is CC(c1ccc(NC(=O)OC(C)(C)C)cc1)n1ccnc1CF. The molecule has 1 aromatic carbocycles. The van der Waals surface area contributed by atoms with E-state index in [1.807, 2.05) is 39.8 Å². The number of rotatable bonds is 4. The molecule has 124 valence electrons. The molecule has 1 unspecified atom stereocenters. The standard InChI is InChI=1S/C17H22FN3O2/c1-12(21-10-9-19-15(21)11-18)13-5-7-14(8-6-13)20-16(22)23-17(2,3)4/h5-10,12H,11H2,1-4H3,(H,20,22). The molecule has 0 fully saturated rings. The van der Waals surface area contributed by atoms with E-state index in [0.717, 1.165) is 5.56 Å². The Morgan fingerprint density at radius 1 is 1.35 bits per heavy atom. The van der Waals surface area contributed by atoms with E-state index in [1.165, 1.54) is 0 Å². The molecule has 0 saturated heterocycles. The predicted octanol–water partition coefficient (Wildman–Crippen LogP) is 4.31. The van der Waals surface area contributed by atoms with Gasteiger partial charge in [-0.3, -0.25) is 5.32 Å². The third-order valence-electron chi connectivity index (χ3n) is 3.32. The number of halogens is 1. The Balaban J connectivity index is 2.06. The Bertz CT molecular complexity index is 659. The van der Waals surface area contributed by atoms with E-state index in [1.54, 1.807) is 29.1 Å². The minimum Gasteiger partial charge on any atom is -0.444 e. The van der Waals surface area contributed by atoms with Gasteiger partial charge in [0.15, 0.2) is 0 Å². The molecule has 1 N–H and O–H groups in total. The summed E-state index contributed by atoms with van der Waals surface area (Å²) in [6.07, 6.45) is 2.85. The zero-order valence-electron chi connectivity index (χ0n) is 13.8. The van der Waals surface area contributed by atoms with Gasteiger partial charge in [-0.05, 0) is 45.4 Å². The first-order valence-corrected chi connectivity index (χ1v) is 7.48. The minimum absolute atomic E-state index is 0.0428. The number of nitrogens with one attached hydrogen (secondary N) is 1. The molecule has 0 saturated carbocycles. The van der Waals surface area contributed by atoms with Gasteiger partial charge >= 0.3 is 6.09 Å². The van der Waals surface area contributed by atoms with E-state index in [9.17, 15) is 9.18 Å². The fraction of sp³-hybridized carbons (Fsp3) is 0.412. The molecule has 5 nitrogen and oxygen atoms in total. The maximum absolute atomic E-state index is 12.9. The van der Waals surface area contributed by atoms with Gasteiger partial charge in [0.05, 0.1) is 6.04 Å². The van der Waals surface area contributed by atoms with Crippen LogP contribution < -0.4 is 5.32 Å². The van der Waals surface area contributed by atoms with Crippen molar-refractivity contribution in [2.75, 3.05) is 5.32 Å². The highest BCUT2D eigenvalue weighted by Crippen LogP contribution is 2.22. The van der Waals surface area contributed by atoms with Crippen LogP contribution in [0, 0.1) is 0 Å². The quantitative estimate of drug-likeness (QED) is 0.913. The van der Waals surface area contributed by atoms with Crippen molar-refractivity contribution in [3.8, 4) is 0 Å². The van der Waals surface area contributed by atoms with Gasteiger partial charge in [0.2, 0.25) is 0 Å². The van der Waals surface area contributed by atoms with Gasteiger partial charge in [-0.1, -0.05) is 12.1 Å². The highest BCUT2D eigenvalue weighted by molar-refractivity contribution is 5.84. The van der Waals surface area contributed by atoms with Crippen molar-refractivity contribution in [2.24, 2.45) is 0 Å². The summed E-state index contributed by atoms with van der Waals surface area (Å²) in [5, 5.41) is 2.68. The summed E-state index contributed by atoms with van der Waals surface area (Å²) in [5.41, 5.74) is 1.10. The summed E-state index contributed by atoms with van der Waals surface area (Å²) < 4.78 is 19.9. The highest BCUT2D eigenvalue weighted by Gasteiger charge is 2.16. The Kier molecular flexibility index (Phi) is 5.03. The first-order valence-electron chi connectivity index (χ1n) is 7.48. The van der Waals surface area contributed by atoms with Crippen molar-refractivity contribution < 1.29 is 13.9 Å². The molecule has 0 bridgehead atoms. The number of alkyl halides is 1. The van der Waals surface area contributed by atoms with Crippen molar-refractivity contribution in [2.45, 2.75) is 46.0 Å². The van der Waals surface area contributed by atoms with Crippen molar-refractivity contribution in [3.63, 3.8) is 0 Å². The number of ether oxygens (including phenoxy) is 1. The number of hydrogen-bond donors (Lipinski definition) is 1. The number of carbonyl (C=O) groups is 1. The van der Waals surface area contributed by atoms with Crippen LogP contribution in [-0.4, -0.2) is 21.2 Å². The summed E-state index contributed by atoms with van der Waals surface area (Å²) in [6.45, 7) is 6.80. The van der Waals surface area contributed by atoms with E-state index in [4.69, 9.17) is 4.74 Å². The van der Waals surface area contributed by atoms with E-state index >= 15 is 0 Å². The molecule has 0 spiro atoms. The number of carbonyl (C=O) groups excluding carboxylic acids is 1. The Morgan fingerprint density at radius 3 is 2.57 bits per heavy atom. The van der Waals surface area contributed by atoms with E-state index in [0.29, 0.717) is 11.5 Å². The van der Waals surface area contributed by atoms with E-state index < -0.39 is 18.4 Å². The van der Waals surface area contributed by atoms with Crippen molar-refractivity contribution in [1.29, 1.82) is 0 Å². The van der Waals surface area contributed by atoms with Gasteiger partial charge < -0.3 is 9.30 Å². The second-order valence-corrected chi connectivity index (χ2v) is 6.31. The van der Waals surface area contributed by atoms with Crippen molar-refractivity contribution in [1.82, 2.24) is 9.55 Å². The minimum atomic E-state index is -0.602. The van der Waals surface area contributed by atoms with E-state index in [-0.39, 0.29) is 6.04 Å². The van der Waals surface area contributed by atoms with Gasteiger partial charge in [0, 0.05) is 18.1 Å². The third-order valence-corrected chi connectivity index (χ3v) is 3.32. The third kappa shape index (κ3) is 4.55. The normalized spacial score (nSPS) is 12.7. The molecule has 6 heteroatoms. The molecular weight excluding hydrogens is 297 g/mol. The fourth-order valence-electron chi connectivity index (χ4n) is 2.23. The molecule has 1 aromatic heterocycles. The summed E-state index contributed by atoms with van der Waals surface area (Å²) in [7, 11) is 0. The molecule has 0 radical (unpaired) electrons.